The Kier molecular flexibility index (Phi) is 5.15. The molecule has 2 atom stereocenters. The van der Waals surface area contributed by atoms with Gasteiger partial charge in [-0.05, 0) is 36.9 Å². The Morgan fingerprint density at radius 1 is 1.35 bits per heavy atom. The molecule has 0 aliphatic heterocycles. The maximum atomic E-state index is 6.00. The first-order valence-electron chi connectivity index (χ1n) is 7.08. The van der Waals surface area contributed by atoms with Crippen LogP contribution in [-0.2, 0) is 6.42 Å². The molecule has 2 rings (SSSR count). The summed E-state index contributed by atoms with van der Waals surface area (Å²) in [4.78, 5) is 8.18. The zero-order chi connectivity index (χ0) is 14.5. The van der Waals surface area contributed by atoms with E-state index in [1.807, 2.05) is 23.6 Å². The molecule has 0 saturated carbocycles. The number of likely N-dealkylation sites (N-methyl/N-ethyl adjacent to an activating group) is 1. The van der Waals surface area contributed by atoms with E-state index in [4.69, 9.17) is 5.73 Å². The summed E-state index contributed by atoms with van der Waals surface area (Å²) >= 11 is 1.81. The number of nitrogens with zero attached hydrogens (tertiary/aromatic N) is 2. The molecule has 0 aromatic carbocycles. The van der Waals surface area contributed by atoms with E-state index in [1.165, 1.54) is 4.88 Å². The zero-order valence-electron chi connectivity index (χ0n) is 12.4. The summed E-state index contributed by atoms with van der Waals surface area (Å²) in [6.07, 6.45) is 3.90. The maximum absolute atomic E-state index is 6.00. The van der Waals surface area contributed by atoms with Crippen LogP contribution in [0.25, 0.3) is 0 Å². The van der Waals surface area contributed by atoms with Gasteiger partial charge in [-0.2, -0.15) is 0 Å². The average molecular weight is 289 g/mol. The molecule has 0 amide bonds. The second kappa shape index (κ2) is 6.86. The van der Waals surface area contributed by atoms with Crippen LogP contribution in [0.15, 0.2) is 35.8 Å². The van der Waals surface area contributed by atoms with Gasteiger partial charge in [0.05, 0.1) is 17.6 Å². The van der Waals surface area contributed by atoms with Crippen molar-refractivity contribution in [1.82, 2.24) is 4.98 Å². The molecule has 20 heavy (non-hydrogen) atoms. The van der Waals surface area contributed by atoms with Gasteiger partial charge in [0.25, 0.3) is 0 Å². The molecule has 2 aromatic rings. The van der Waals surface area contributed by atoms with E-state index in [2.05, 4.69) is 54.4 Å². The predicted molar refractivity (Wildman–Crippen MR) is 87.3 cm³/mol. The fourth-order valence-corrected chi connectivity index (χ4v) is 2.97. The molecular weight excluding hydrogens is 266 g/mol. The van der Waals surface area contributed by atoms with Crippen LogP contribution in [0.2, 0.25) is 0 Å². The third-order valence-corrected chi connectivity index (χ3v) is 4.63. The topological polar surface area (TPSA) is 42.1 Å². The van der Waals surface area contributed by atoms with Gasteiger partial charge in [-0.3, -0.25) is 4.98 Å². The normalized spacial score (nSPS) is 14.0. The number of nitrogens with two attached hydrogens (primary N) is 1. The standard InChI is InChI=1S/C16H23N3S/c1-4-15(17)16-8-7-13(11-18-16)19(3)12(2)10-14-6-5-9-20-14/h5-9,11-12,15H,4,10,17H2,1-3H3. The van der Waals surface area contributed by atoms with Crippen molar-refractivity contribution in [3.8, 4) is 0 Å². The lowest BCUT2D eigenvalue weighted by molar-refractivity contribution is 0.668. The molecule has 4 heteroatoms. The van der Waals surface area contributed by atoms with Crippen LogP contribution in [0.5, 0.6) is 0 Å². The zero-order valence-corrected chi connectivity index (χ0v) is 13.2. The van der Waals surface area contributed by atoms with Crippen molar-refractivity contribution < 1.29 is 0 Å². The van der Waals surface area contributed by atoms with E-state index in [0.717, 1.165) is 24.2 Å². The van der Waals surface area contributed by atoms with Crippen molar-refractivity contribution in [3.63, 3.8) is 0 Å². The van der Waals surface area contributed by atoms with Crippen LogP contribution in [0.1, 0.15) is 36.9 Å². The first-order valence-corrected chi connectivity index (χ1v) is 7.96. The molecule has 2 N–H and O–H groups in total. The lowest BCUT2D eigenvalue weighted by Gasteiger charge is -2.26. The summed E-state index contributed by atoms with van der Waals surface area (Å²) in [6, 6.07) is 8.94. The fourth-order valence-electron chi connectivity index (χ4n) is 2.15. The van der Waals surface area contributed by atoms with Gasteiger partial charge in [-0.1, -0.05) is 13.0 Å². The van der Waals surface area contributed by atoms with Crippen LogP contribution in [0.3, 0.4) is 0 Å². The Hall–Kier alpha value is -1.39. The Labute approximate surface area is 125 Å². The van der Waals surface area contributed by atoms with Crippen LogP contribution in [-0.4, -0.2) is 18.1 Å². The van der Waals surface area contributed by atoms with E-state index in [-0.39, 0.29) is 6.04 Å². The summed E-state index contributed by atoms with van der Waals surface area (Å²) in [6.45, 7) is 4.32. The quantitative estimate of drug-likeness (QED) is 0.883. The SMILES string of the molecule is CCC(N)c1ccc(N(C)C(C)Cc2cccs2)cn1. The second-order valence-electron chi connectivity index (χ2n) is 5.20. The molecule has 0 fully saturated rings. The lowest BCUT2D eigenvalue weighted by Crippen LogP contribution is -2.30. The van der Waals surface area contributed by atoms with Gasteiger partial charge in [-0.15, -0.1) is 11.3 Å². The van der Waals surface area contributed by atoms with Crippen LogP contribution < -0.4 is 10.6 Å². The second-order valence-corrected chi connectivity index (χ2v) is 6.23. The number of pyridine rings is 1. The number of hydrogen-bond acceptors (Lipinski definition) is 4. The highest BCUT2D eigenvalue weighted by Crippen LogP contribution is 2.20. The number of rotatable bonds is 6. The molecule has 0 aliphatic carbocycles. The van der Waals surface area contributed by atoms with E-state index >= 15 is 0 Å². The van der Waals surface area contributed by atoms with Crippen LogP contribution in [0, 0.1) is 0 Å². The number of hydrogen-bond donors (Lipinski definition) is 1. The van der Waals surface area contributed by atoms with Crippen molar-refractivity contribution >= 4 is 17.0 Å². The van der Waals surface area contributed by atoms with Gasteiger partial charge >= 0.3 is 0 Å². The monoisotopic (exact) mass is 289 g/mol. The van der Waals surface area contributed by atoms with Gasteiger partial charge in [0.2, 0.25) is 0 Å². The minimum absolute atomic E-state index is 0.0397. The van der Waals surface area contributed by atoms with Crippen LogP contribution >= 0.6 is 11.3 Å². The van der Waals surface area contributed by atoms with Gasteiger partial charge in [0.15, 0.2) is 0 Å². The predicted octanol–water partition coefficient (Wildman–Crippen LogP) is 3.62. The third kappa shape index (κ3) is 3.58. The molecule has 0 saturated heterocycles. The Morgan fingerprint density at radius 3 is 2.70 bits per heavy atom. The first kappa shape index (κ1) is 15.0. The smallest absolute Gasteiger partial charge is 0.0572 e. The summed E-state index contributed by atoms with van der Waals surface area (Å²) in [5.74, 6) is 0. The van der Waals surface area contributed by atoms with E-state index in [1.54, 1.807) is 0 Å². The number of anilines is 1. The molecule has 108 valence electrons. The molecule has 0 bridgehead atoms. The highest BCUT2D eigenvalue weighted by atomic mass is 32.1. The molecule has 0 radical (unpaired) electrons. The lowest BCUT2D eigenvalue weighted by atomic mass is 10.1. The molecule has 2 heterocycles. The highest BCUT2D eigenvalue weighted by Gasteiger charge is 2.12. The minimum atomic E-state index is 0.0397. The van der Waals surface area contributed by atoms with Crippen molar-refractivity contribution in [2.75, 3.05) is 11.9 Å². The Morgan fingerprint density at radius 2 is 2.15 bits per heavy atom. The Balaban J connectivity index is 2.02. The molecule has 2 unspecified atom stereocenters. The van der Waals surface area contributed by atoms with E-state index in [9.17, 15) is 0 Å². The largest absolute Gasteiger partial charge is 0.370 e. The first-order chi connectivity index (χ1) is 9.61. The van der Waals surface area contributed by atoms with Gasteiger partial charge < -0.3 is 10.6 Å². The molecule has 0 spiro atoms. The molecule has 0 aliphatic rings. The number of thiophene rings is 1. The van der Waals surface area contributed by atoms with E-state index in [0.29, 0.717) is 6.04 Å². The summed E-state index contributed by atoms with van der Waals surface area (Å²) in [5, 5.41) is 2.13. The Bertz CT molecular complexity index is 507. The average Bonchev–Trinajstić information content (AvgIpc) is 2.98. The number of aromatic nitrogens is 1. The van der Waals surface area contributed by atoms with Crippen molar-refractivity contribution in [2.45, 2.75) is 38.8 Å². The van der Waals surface area contributed by atoms with Crippen molar-refractivity contribution in [1.29, 1.82) is 0 Å². The fraction of sp³-hybridized carbons (Fsp3) is 0.438. The van der Waals surface area contributed by atoms with Crippen molar-refractivity contribution in [2.24, 2.45) is 5.73 Å². The van der Waals surface area contributed by atoms with E-state index < -0.39 is 0 Å². The summed E-state index contributed by atoms with van der Waals surface area (Å²) < 4.78 is 0. The minimum Gasteiger partial charge on any atom is -0.370 e. The molecule has 2 aromatic heterocycles. The maximum Gasteiger partial charge on any atom is 0.0572 e. The molecular formula is C16H23N3S. The summed E-state index contributed by atoms with van der Waals surface area (Å²) in [5.41, 5.74) is 8.10. The summed E-state index contributed by atoms with van der Waals surface area (Å²) in [7, 11) is 2.12. The van der Waals surface area contributed by atoms with Crippen molar-refractivity contribution in [3.05, 3.63) is 46.4 Å². The van der Waals surface area contributed by atoms with Crippen LogP contribution in [0.4, 0.5) is 5.69 Å². The van der Waals surface area contributed by atoms with Gasteiger partial charge in [0.1, 0.15) is 0 Å². The van der Waals surface area contributed by atoms with Gasteiger partial charge in [0, 0.05) is 30.4 Å². The van der Waals surface area contributed by atoms with Gasteiger partial charge in [-0.25, -0.2) is 0 Å². The third-order valence-electron chi connectivity index (χ3n) is 3.74. The highest BCUT2D eigenvalue weighted by molar-refractivity contribution is 7.09. The molecule has 3 nitrogen and oxygen atoms in total.